The van der Waals surface area contributed by atoms with Crippen molar-refractivity contribution in [2.75, 3.05) is 13.7 Å². The van der Waals surface area contributed by atoms with Crippen molar-refractivity contribution in [2.45, 2.75) is 32.9 Å². The number of hydrogen-bond acceptors (Lipinski definition) is 3. The summed E-state index contributed by atoms with van der Waals surface area (Å²) < 4.78 is 18.7. The Morgan fingerprint density at radius 2 is 2.11 bits per heavy atom. The molecule has 4 nitrogen and oxygen atoms in total. The third-order valence-electron chi connectivity index (χ3n) is 2.59. The zero-order valence-corrected chi connectivity index (χ0v) is 11.7. The number of carbonyl (C=O) groups excluding carboxylic acids is 1. The van der Waals surface area contributed by atoms with Gasteiger partial charge < -0.3 is 14.7 Å². The second-order valence-electron chi connectivity index (χ2n) is 4.92. The maximum Gasteiger partial charge on any atom is 0.253 e. The van der Waals surface area contributed by atoms with Crippen LogP contribution in [0.15, 0.2) is 18.2 Å². The van der Waals surface area contributed by atoms with E-state index in [9.17, 15) is 14.3 Å². The van der Waals surface area contributed by atoms with E-state index in [-0.39, 0.29) is 12.3 Å². The minimum Gasteiger partial charge on any atom is -0.491 e. The van der Waals surface area contributed by atoms with Gasteiger partial charge in [0, 0.05) is 13.6 Å². The lowest BCUT2D eigenvalue weighted by Crippen LogP contribution is -2.42. The van der Waals surface area contributed by atoms with Crippen molar-refractivity contribution in [3.8, 4) is 5.75 Å². The standard InChI is InChI=1S/C14H20FNO3/c1-5-19-12-7-6-10(8-11(12)15)9-16(4)13(17)14(2,3)18/h6-8,18H,5,9H2,1-4H3. The van der Waals surface area contributed by atoms with Crippen LogP contribution in [0.4, 0.5) is 4.39 Å². The summed E-state index contributed by atoms with van der Waals surface area (Å²) in [4.78, 5) is 13.1. The lowest BCUT2D eigenvalue weighted by Gasteiger charge is -2.25. The Kier molecular flexibility index (Phi) is 4.89. The fourth-order valence-corrected chi connectivity index (χ4v) is 1.73. The Labute approximate surface area is 112 Å². The summed E-state index contributed by atoms with van der Waals surface area (Å²) in [6, 6.07) is 4.57. The lowest BCUT2D eigenvalue weighted by atomic mass is 10.1. The van der Waals surface area contributed by atoms with Crippen molar-refractivity contribution in [1.29, 1.82) is 0 Å². The third-order valence-corrected chi connectivity index (χ3v) is 2.59. The number of nitrogens with zero attached hydrogens (tertiary/aromatic N) is 1. The first-order valence-electron chi connectivity index (χ1n) is 6.15. The Morgan fingerprint density at radius 3 is 2.58 bits per heavy atom. The quantitative estimate of drug-likeness (QED) is 0.889. The largest absolute Gasteiger partial charge is 0.491 e. The van der Waals surface area contributed by atoms with E-state index < -0.39 is 17.3 Å². The van der Waals surface area contributed by atoms with Gasteiger partial charge in [0.1, 0.15) is 5.60 Å². The van der Waals surface area contributed by atoms with Crippen LogP contribution in [0.25, 0.3) is 0 Å². The molecule has 0 unspecified atom stereocenters. The molecular weight excluding hydrogens is 249 g/mol. The second-order valence-corrected chi connectivity index (χ2v) is 4.92. The van der Waals surface area contributed by atoms with Gasteiger partial charge in [-0.25, -0.2) is 4.39 Å². The van der Waals surface area contributed by atoms with Gasteiger partial charge in [-0.15, -0.1) is 0 Å². The van der Waals surface area contributed by atoms with Gasteiger partial charge in [-0.3, -0.25) is 4.79 Å². The van der Waals surface area contributed by atoms with Crippen molar-refractivity contribution in [3.63, 3.8) is 0 Å². The van der Waals surface area contributed by atoms with E-state index in [1.54, 1.807) is 20.0 Å². The van der Waals surface area contributed by atoms with Crippen LogP contribution in [0, 0.1) is 5.82 Å². The molecule has 0 aliphatic rings. The first-order chi connectivity index (χ1) is 8.75. The van der Waals surface area contributed by atoms with E-state index in [0.29, 0.717) is 12.2 Å². The highest BCUT2D eigenvalue weighted by atomic mass is 19.1. The van der Waals surface area contributed by atoms with Crippen LogP contribution in [0.2, 0.25) is 0 Å². The molecule has 0 aliphatic heterocycles. The first-order valence-corrected chi connectivity index (χ1v) is 6.15. The highest BCUT2D eigenvalue weighted by molar-refractivity contribution is 5.83. The molecular formula is C14H20FNO3. The van der Waals surface area contributed by atoms with E-state index >= 15 is 0 Å². The summed E-state index contributed by atoms with van der Waals surface area (Å²) in [5.74, 6) is -0.673. The van der Waals surface area contributed by atoms with Crippen LogP contribution in [0.3, 0.4) is 0 Å². The van der Waals surface area contributed by atoms with Crippen molar-refractivity contribution in [2.24, 2.45) is 0 Å². The molecule has 0 aromatic heterocycles. The van der Waals surface area contributed by atoms with Crippen molar-refractivity contribution >= 4 is 5.91 Å². The van der Waals surface area contributed by atoms with Crippen LogP contribution in [-0.2, 0) is 11.3 Å². The Balaban J connectivity index is 2.78. The molecule has 5 heteroatoms. The smallest absolute Gasteiger partial charge is 0.253 e. The van der Waals surface area contributed by atoms with Gasteiger partial charge in [-0.1, -0.05) is 6.07 Å². The molecule has 0 spiro atoms. The molecule has 0 aliphatic carbocycles. The zero-order valence-electron chi connectivity index (χ0n) is 11.7. The molecule has 0 heterocycles. The van der Waals surface area contributed by atoms with Crippen LogP contribution < -0.4 is 4.74 Å². The summed E-state index contributed by atoms with van der Waals surface area (Å²) in [5, 5.41) is 9.62. The number of ether oxygens (including phenoxy) is 1. The van der Waals surface area contributed by atoms with Gasteiger partial charge in [-0.05, 0) is 38.5 Å². The lowest BCUT2D eigenvalue weighted by molar-refractivity contribution is -0.146. The third kappa shape index (κ3) is 4.21. The number of benzene rings is 1. The number of halogens is 1. The number of hydrogen-bond donors (Lipinski definition) is 1. The Bertz CT molecular complexity index is 454. The van der Waals surface area contributed by atoms with Gasteiger partial charge in [0.2, 0.25) is 0 Å². The molecule has 1 aromatic rings. The van der Waals surface area contributed by atoms with E-state index in [1.807, 2.05) is 0 Å². The predicted molar refractivity (Wildman–Crippen MR) is 70.3 cm³/mol. The summed E-state index contributed by atoms with van der Waals surface area (Å²) in [6.45, 7) is 5.25. The molecule has 106 valence electrons. The molecule has 1 amide bonds. The number of amides is 1. The topological polar surface area (TPSA) is 49.8 Å². The zero-order chi connectivity index (χ0) is 14.6. The number of likely N-dealkylation sites (N-methyl/N-ethyl adjacent to an activating group) is 1. The van der Waals surface area contributed by atoms with Gasteiger partial charge >= 0.3 is 0 Å². The van der Waals surface area contributed by atoms with E-state index in [4.69, 9.17) is 4.74 Å². The average molecular weight is 269 g/mol. The molecule has 19 heavy (non-hydrogen) atoms. The maximum atomic E-state index is 13.6. The molecule has 1 N–H and O–H groups in total. The molecule has 1 aromatic carbocycles. The molecule has 0 atom stereocenters. The molecule has 0 bridgehead atoms. The van der Waals surface area contributed by atoms with Crippen molar-refractivity contribution < 1.29 is 19.0 Å². The molecule has 0 radical (unpaired) electrons. The molecule has 1 rings (SSSR count). The van der Waals surface area contributed by atoms with Crippen molar-refractivity contribution in [3.05, 3.63) is 29.6 Å². The summed E-state index contributed by atoms with van der Waals surface area (Å²) >= 11 is 0. The summed E-state index contributed by atoms with van der Waals surface area (Å²) in [7, 11) is 1.56. The SMILES string of the molecule is CCOc1ccc(CN(C)C(=O)C(C)(C)O)cc1F. The highest BCUT2D eigenvalue weighted by Crippen LogP contribution is 2.19. The molecule has 0 saturated heterocycles. The van der Waals surface area contributed by atoms with Gasteiger partial charge in [-0.2, -0.15) is 0 Å². The molecule has 0 saturated carbocycles. The minimum absolute atomic E-state index is 0.197. The normalized spacial score (nSPS) is 11.3. The van der Waals surface area contributed by atoms with E-state index in [0.717, 1.165) is 0 Å². The van der Waals surface area contributed by atoms with E-state index in [2.05, 4.69) is 0 Å². The number of carbonyl (C=O) groups is 1. The van der Waals surface area contributed by atoms with Crippen LogP contribution >= 0.6 is 0 Å². The first kappa shape index (κ1) is 15.4. The minimum atomic E-state index is -1.43. The fraction of sp³-hybridized carbons (Fsp3) is 0.500. The van der Waals surface area contributed by atoms with Gasteiger partial charge in [0.05, 0.1) is 6.61 Å². The van der Waals surface area contributed by atoms with Crippen LogP contribution in [-0.4, -0.2) is 35.2 Å². The number of aliphatic hydroxyl groups is 1. The van der Waals surface area contributed by atoms with Gasteiger partial charge in [0.25, 0.3) is 5.91 Å². The number of rotatable bonds is 5. The van der Waals surface area contributed by atoms with Crippen LogP contribution in [0.5, 0.6) is 5.75 Å². The van der Waals surface area contributed by atoms with Gasteiger partial charge in [0.15, 0.2) is 11.6 Å². The average Bonchev–Trinajstić information content (AvgIpc) is 2.30. The summed E-state index contributed by atoms with van der Waals surface area (Å²) in [6.07, 6.45) is 0. The predicted octanol–water partition coefficient (Wildman–Crippen LogP) is 1.95. The van der Waals surface area contributed by atoms with E-state index in [1.165, 1.54) is 30.9 Å². The Hall–Kier alpha value is -1.62. The fourth-order valence-electron chi connectivity index (χ4n) is 1.73. The van der Waals surface area contributed by atoms with Crippen LogP contribution in [0.1, 0.15) is 26.3 Å². The van der Waals surface area contributed by atoms with Crippen molar-refractivity contribution in [1.82, 2.24) is 4.90 Å². The maximum absolute atomic E-state index is 13.6. The monoisotopic (exact) mass is 269 g/mol. The Morgan fingerprint density at radius 1 is 1.47 bits per heavy atom. The highest BCUT2D eigenvalue weighted by Gasteiger charge is 2.27. The molecule has 0 fully saturated rings. The second kappa shape index (κ2) is 6.02. The summed E-state index contributed by atoms with van der Waals surface area (Å²) in [5.41, 5.74) is -0.792.